The molecule has 1 aliphatic rings. The number of hydrogen-bond donors (Lipinski definition) is 0. The van der Waals surface area contributed by atoms with Crippen molar-refractivity contribution in [3.8, 4) is 17.6 Å². The summed E-state index contributed by atoms with van der Waals surface area (Å²) in [7, 11) is 0. The van der Waals surface area contributed by atoms with Crippen LogP contribution in [0.2, 0.25) is 0 Å². The summed E-state index contributed by atoms with van der Waals surface area (Å²) in [6, 6.07) is 8.19. The fraction of sp³-hybridized carbons (Fsp3) is 0.500. The maximum Gasteiger partial charge on any atom is 0.149 e. The van der Waals surface area contributed by atoms with E-state index in [1.165, 1.54) is 5.56 Å². The molecule has 1 fully saturated rings. The van der Waals surface area contributed by atoms with Crippen molar-refractivity contribution in [1.29, 1.82) is 0 Å². The molecule has 4 heteroatoms. The number of morpholine rings is 1. The monoisotopic (exact) mass is 295 g/mol. The normalized spacial score (nSPS) is 14.8. The van der Waals surface area contributed by atoms with Gasteiger partial charge in [0.1, 0.15) is 12.4 Å². The van der Waals surface area contributed by atoms with Crippen LogP contribution in [0.25, 0.3) is 0 Å². The fourth-order valence-electron chi connectivity index (χ4n) is 1.92. The van der Waals surface area contributed by atoms with E-state index >= 15 is 0 Å². The third kappa shape index (κ3) is 5.83. The summed E-state index contributed by atoms with van der Waals surface area (Å²) in [4.78, 5) is 2.30. The van der Waals surface area contributed by atoms with Crippen molar-refractivity contribution < 1.29 is 9.47 Å². The highest BCUT2D eigenvalue weighted by molar-refractivity contribution is 5.85. The number of hydrogen-bond acceptors (Lipinski definition) is 3. The Kier molecular flexibility index (Phi) is 8.13. The predicted octanol–water partition coefficient (Wildman–Crippen LogP) is 2.39. The molecule has 1 heterocycles. The van der Waals surface area contributed by atoms with Gasteiger partial charge in [0, 0.05) is 13.1 Å². The molecule has 0 spiro atoms. The van der Waals surface area contributed by atoms with Gasteiger partial charge in [-0.2, -0.15) is 0 Å². The first-order valence-corrected chi connectivity index (χ1v) is 6.86. The molecule has 1 saturated heterocycles. The van der Waals surface area contributed by atoms with Gasteiger partial charge >= 0.3 is 0 Å². The van der Waals surface area contributed by atoms with Crippen LogP contribution in [0.3, 0.4) is 0 Å². The maximum atomic E-state index is 5.58. The molecule has 20 heavy (non-hydrogen) atoms. The lowest BCUT2D eigenvalue weighted by atomic mass is 10.2. The molecule has 1 aromatic carbocycles. The van der Waals surface area contributed by atoms with Gasteiger partial charge in [-0.05, 0) is 24.1 Å². The average molecular weight is 296 g/mol. The molecular formula is C16H22ClNO2. The molecule has 1 aliphatic heterocycles. The Morgan fingerprint density at radius 3 is 2.50 bits per heavy atom. The van der Waals surface area contributed by atoms with Crippen molar-refractivity contribution in [3.63, 3.8) is 0 Å². The van der Waals surface area contributed by atoms with Crippen LogP contribution in [-0.2, 0) is 11.2 Å². The van der Waals surface area contributed by atoms with Crippen molar-refractivity contribution in [3.05, 3.63) is 29.8 Å². The lowest BCUT2D eigenvalue weighted by molar-refractivity contribution is 0.0443. The number of ether oxygens (including phenoxy) is 2. The molecule has 2 rings (SSSR count). The summed E-state index contributed by atoms with van der Waals surface area (Å²) in [6.45, 7) is 7.01. The van der Waals surface area contributed by atoms with Gasteiger partial charge in [0.15, 0.2) is 0 Å². The first-order valence-electron chi connectivity index (χ1n) is 6.86. The minimum absolute atomic E-state index is 0. The third-order valence-corrected chi connectivity index (χ3v) is 3.17. The molecule has 0 N–H and O–H groups in total. The Morgan fingerprint density at radius 2 is 1.85 bits per heavy atom. The summed E-state index contributed by atoms with van der Waals surface area (Å²) >= 11 is 0. The number of nitrogens with zero attached hydrogens (tertiary/aromatic N) is 1. The molecule has 0 atom stereocenters. The zero-order valence-electron chi connectivity index (χ0n) is 11.9. The van der Waals surface area contributed by atoms with Gasteiger partial charge < -0.3 is 9.47 Å². The second-order valence-corrected chi connectivity index (χ2v) is 4.53. The third-order valence-electron chi connectivity index (χ3n) is 3.17. The molecule has 0 saturated carbocycles. The summed E-state index contributed by atoms with van der Waals surface area (Å²) in [6.07, 6.45) is 1.06. The van der Waals surface area contributed by atoms with Crippen molar-refractivity contribution in [2.45, 2.75) is 13.3 Å². The van der Waals surface area contributed by atoms with Crippen LogP contribution in [0.15, 0.2) is 24.3 Å². The van der Waals surface area contributed by atoms with Gasteiger partial charge in [0.25, 0.3) is 0 Å². The van der Waals surface area contributed by atoms with E-state index in [9.17, 15) is 0 Å². The molecule has 110 valence electrons. The van der Waals surface area contributed by atoms with Crippen molar-refractivity contribution in [1.82, 2.24) is 4.90 Å². The smallest absolute Gasteiger partial charge is 0.149 e. The molecule has 0 radical (unpaired) electrons. The Morgan fingerprint density at radius 1 is 1.15 bits per heavy atom. The van der Waals surface area contributed by atoms with Crippen molar-refractivity contribution >= 4 is 12.4 Å². The highest BCUT2D eigenvalue weighted by atomic mass is 35.5. The number of rotatable bonds is 4. The lowest BCUT2D eigenvalue weighted by Crippen LogP contribution is -2.36. The molecule has 0 amide bonds. The van der Waals surface area contributed by atoms with Crippen LogP contribution in [0.4, 0.5) is 0 Å². The summed E-state index contributed by atoms with van der Waals surface area (Å²) in [5.41, 5.74) is 1.32. The van der Waals surface area contributed by atoms with Crippen LogP contribution in [0.5, 0.6) is 5.75 Å². The minimum atomic E-state index is 0. The van der Waals surface area contributed by atoms with E-state index in [1.54, 1.807) is 0 Å². The average Bonchev–Trinajstić information content (AvgIpc) is 2.49. The van der Waals surface area contributed by atoms with Crippen LogP contribution >= 0.6 is 12.4 Å². The van der Waals surface area contributed by atoms with Crippen LogP contribution in [-0.4, -0.2) is 44.4 Å². The number of benzene rings is 1. The molecular weight excluding hydrogens is 274 g/mol. The Bertz CT molecular complexity index is 430. The number of halogens is 1. The van der Waals surface area contributed by atoms with E-state index in [0.29, 0.717) is 6.61 Å². The van der Waals surface area contributed by atoms with E-state index in [-0.39, 0.29) is 12.4 Å². The second-order valence-electron chi connectivity index (χ2n) is 4.53. The minimum Gasteiger partial charge on any atom is -0.481 e. The van der Waals surface area contributed by atoms with Gasteiger partial charge in [-0.15, -0.1) is 12.4 Å². The second kappa shape index (κ2) is 9.66. The molecule has 3 nitrogen and oxygen atoms in total. The molecule has 0 aliphatic carbocycles. The van der Waals surface area contributed by atoms with Gasteiger partial charge in [0.2, 0.25) is 0 Å². The molecule has 1 aromatic rings. The highest BCUT2D eigenvalue weighted by Crippen LogP contribution is 2.11. The van der Waals surface area contributed by atoms with E-state index in [1.807, 2.05) is 12.1 Å². The van der Waals surface area contributed by atoms with E-state index < -0.39 is 0 Å². The predicted molar refractivity (Wildman–Crippen MR) is 83.6 cm³/mol. The van der Waals surface area contributed by atoms with Gasteiger partial charge in [-0.1, -0.05) is 30.9 Å². The first kappa shape index (κ1) is 16.8. The topological polar surface area (TPSA) is 21.7 Å². The highest BCUT2D eigenvalue weighted by Gasteiger charge is 2.07. The van der Waals surface area contributed by atoms with E-state index in [0.717, 1.165) is 45.0 Å². The summed E-state index contributed by atoms with van der Waals surface area (Å²) < 4.78 is 10.9. The standard InChI is InChI=1S/C16H21NO2.ClH/c1-2-15-5-7-16(8-6-15)19-12-4-3-9-17-10-13-18-14-11-17;/h5-8H,2,9-14H2,1H3;1H. The zero-order chi connectivity index (χ0) is 13.3. The van der Waals surface area contributed by atoms with Crippen molar-refractivity contribution in [2.24, 2.45) is 0 Å². The number of aryl methyl sites for hydroxylation is 1. The Labute approximate surface area is 127 Å². The van der Waals surface area contributed by atoms with Crippen LogP contribution < -0.4 is 4.74 Å². The Hall–Kier alpha value is -1.21. The van der Waals surface area contributed by atoms with Gasteiger partial charge in [-0.3, -0.25) is 4.90 Å². The zero-order valence-corrected chi connectivity index (χ0v) is 12.7. The largest absolute Gasteiger partial charge is 0.481 e. The maximum absolute atomic E-state index is 5.58. The molecule has 0 aromatic heterocycles. The van der Waals surface area contributed by atoms with E-state index in [2.05, 4.69) is 35.8 Å². The summed E-state index contributed by atoms with van der Waals surface area (Å²) in [5, 5.41) is 0. The Balaban J connectivity index is 0.00000200. The molecule has 0 unspecified atom stereocenters. The first-order chi connectivity index (χ1) is 9.38. The summed E-state index contributed by atoms with van der Waals surface area (Å²) in [5.74, 6) is 7.09. The van der Waals surface area contributed by atoms with Gasteiger partial charge in [-0.25, -0.2) is 0 Å². The fourth-order valence-corrected chi connectivity index (χ4v) is 1.92. The lowest BCUT2D eigenvalue weighted by Gasteiger charge is -2.24. The van der Waals surface area contributed by atoms with E-state index in [4.69, 9.17) is 9.47 Å². The SMILES string of the molecule is CCc1ccc(OCC#CCN2CCOCC2)cc1.Cl. The van der Waals surface area contributed by atoms with Crippen LogP contribution in [0, 0.1) is 11.8 Å². The van der Waals surface area contributed by atoms with Crippen molar-refractivity contribution in [2.75, 3.05) is 39.5 Å². The van der Waals surface area contributed by atoms with Crippen LogP contribution in [0.1, 0.15) is 12.5 Å². The molecule has 0 bridgehead atoms. The van der Waals surface area contributed by atoms with Gasteiger partial charge in [0.05, 0.1) is 19.8 Å². The quantitative estimate of drug-likeness (QED) is 0.796.